The molecule has 2 heterocycles. The van der Waals surface area contributed by atoms with Crippen LogP contribution in [0.4, 0.5) is 0 Å². The number of pyridine rings is 1. The van der Waals surface area contributed by atoms with Gasteiger partial charge in [0.15, 0.2) is 0 Å². The van der Waals surface area contributed by atoms with Gasteiger partial charge in [0, 0.05) is 23.7 Å². The summed E-state index contributed by atoms with van der Waals surface area (Å²) in [5.74, 6) is 1.30. The van der Waals surface area contributed by atoms with Gasteiger partial charge in [-0.05, 0) is 49.7 Å². The van der Waals surface area contributed by atoms with Crippen molar-refractivity contribution in [2.45, 2.75) is 72.6 Å². The van der Waals surface area contributed by atoms with Crippen LogP contribution in [-0.2, 0) is 11.3 Å². The van der Waals surface area contributed by atoms with Crippen LogP contribution in [0.3, 0.4) is 0 Å². The second kappa shape index (κ2) is 9.19. The highest BCUT2D eigenvalue weighted by molar-refractivity contribution is 5.90. The molecule has 3 unspecified atom stereocenters. The molecule has 2 rings (SSSR count). The van der Waals surface area contributed by atoms with Crippen molar-refractivity contribution in [3.63, 3.8) is 0 Å². The average molecular weight is 331 g/mol. The van der Waals surface area contributed by atoms with Gasteiger partial charge in [0.1, 0.15) is 6.61 Å². The maximum Gasteiger partial charge on any atom is 0.120 e. The molecule has 3 atom stereocenters. The quantitative estimate of drug-likeness (QED) is 0.586. The summed E-state index contributed by atoms with van der Waals surface area (Å²) in [7, 11) is 0. The van der Waals surface area contributed by atoms with Crippen molar-refractivity contribution in [3.8, 4) is 0 Å². The first-order valence-corrected chi connectivity index (χ1v) is 9.71. The Labute approximate surface area is 147 Å². The molecule has 0 aromatic carbocycles. The smallest absolute Gasteiger partial charge is 0.120 e. The van der Waals surface area contributed by atoms with E-state index in [0.717, 1.165) is 25.9 Å². The van der Waals surface area contributed by atoms with Crippen molar-refractivity contribution in [2.24, 2.45) is 22.4 Å². The standard InChI is InChI=1S/C21H34N2O/c1-5-10-21(13-17(4)6-2,14-19-9-8-11-22-15-19)20-12-18(7-3)16-24-23-20/h8-9,11,15,17-18H,5-7,10,12-14,16H2,1-4H3. The fraction of sp³-hybridized carbons (Fsp3) is 0.714. The lowest BCUT2D eigenvalue weighted by atomic mass is 9.66. The summed E-state index contributed by atoms with van der Waals surface area (Å²) in [6.45, 7) is 9.98. The minimum Gasteiger partial charge on any atom is -0.396 e. The van der Waals surface area contributed by atoms with E-state index in [1.807, 2.05) is 18.5 Å². The average Bonchev–Trinajstić information content (AvgIpc) is 2.62. The Morgan fingerprint density at radius 3 is 2.79 bits per heavy atom. The molecule has 1 aromatic rings. The highest BCUT2D eigenvalue weighted by Gasteiger charge is 2.39. The van der Waals surface area contributed by atoms with Gasteiger partial charge >= 0.3 is 0 Å². The monoisotopic (exact) mass is 330 g/mol. The van der Waals surface area contributed by atoms with Gasteiger partial charge in [0.25, 0.3) is 0 Å². The van der Waals surface area contributed by atoms with Crippen LogP contribution in [0.1, 0.15) is 71.8 Å². The Bertz CT molecular complexity index is 514. The number of hydrogen-bond donors (Lipinski definition) is 0. The van der Waals surface area contributed by atoms with E-state index in [-0.39, 0.29) is 5.41 Å². The van der Waals surface area contributed by atoms with E-state index in [4.69, 9.17) is 4.84 Å². The predicted octanol–water partition coefficient (Wildman–Crippen LogP) is 5.65. The van der Waals surface area contributed by atoms with Gasteiger partial charge in [-0.3, -0.25) is 4.98 Å². The molecule has 3 heteroatoms. The van der Waals surface area contributed by atoms with Crippen molar-refractivity contribution in [1.82, 2.24) is 4.98 Å². The Kier molecular flexibility index (Phi) is 7.26. The van der Waals surface area contributed by atoms with Gasteiger partial charge in [0.2, 0.25) is 0 Å². The molecule has 0 radical (unpaired) electrons. The molecule has 134 valence electrons. The zero-order valence-corrected chi connectivity index (χ0v) is 15.9. The van der Waals surface area contributed by atoms with Crippen LogP contribution in [0.5, 0.6) is 0 Å². The zero-order valence-electron chi connectivity index (χ0n) is 15.9. The van der Waals surface area contributed by atoms with Crippen LogP contribution < -0.4 is 0 Å². The Hall–Kier alpha value is -1.38. The molecule has 1 aromatic heterocycles. The van der Waals surface area contributed by atoms with Crippen LogP contribution >= 0.6 is 0 Å². The van der Waals surface area contributed by atoms with Crippen LogP contribution in [0.2, 0.25) is 0 Å². The van der Waals surface area contributed by atoms with Crippen LogP contribution in [0, 0.1) is 17.3 Å². The summed E-state index contributed by atoms with van der Waals surface area (Å²) < 4.78 is 0. The molecule has 0 saturated heterocycles. The zero-order chi connectivity index (χ0) is 17.4. The highest BCUT2D eigenvalue weighted by atomic mass is 16.6. The second-order valence-corrected chi connectivity index (χ2v) is 7.60. The second-order valence-electron chi connectivity index (χ2n) is 7.60. The topological polar surface area (TPSA) is 34.5 Å². The fourth-order valence-electron chi connectivity index (χ4n) is 3.98. The number of aromatic nitrogens is 1. The van der Waals surface area contributed by atoms with Gasteiger partial charge < -0.3 is 4.84 Å². The van der Waals surface area contributed by atoms with E-state index in [1.165, 1.54) is 37.0 Å². The minimum absolute atomic E-state index is 0.112. The molecule has 0 saturated carbocycles. The molecule has 24 heavy (non-hydrogen) atoms. The third kappa shape index (κ3) is 4.81. The van der Waals surface area contributed by atoms with Gasteiger partial charge in [0.05, 0.1) is 5.71 Å². The number of rotatable bonds is 9. The first-order valence-electron chi connectivity index (χ1n) is 9.71. The summed E-state index contributed by atoms with van der Waals surface area (Å²) in [6.07, 6.45) is 11.9. The number of nitrogens with zero attached hydrogens (tertiary/aromatic N) is 2. The van der Waals surface area contributed by atoms with Gasteiger partial charge in [-0.15, -0.1) is 0 Å². The molecule has 0 spiro atoms. The highest BCUT2D eigenvalue weighted by Crippen LogP contribution is 2.41. The van der Waals surface area contributed by atoms with Gasteiger partial charge in [-0.25, -0.2) is 0 Å². The van der Waals surface area contributed by atoms with Gasteiger partial charge in [-0.2, -0.15) is 0 Å². The van der Waals surface area contributed by atoms with E-state index >= 15 is 0 Å². The summed E-state index contributed by atoms with van der Waals surface area (Å²) in [5, 5.41) is 4.60. The first kappa shape index (κ1) is 19.0. The summed E-state index contributed by atoms with van der Waals surface area (Å²) in [4.78, 5) is 10.00. The maximum atomic E-state index is 5.66. The van der Waals surface area contributed by atoms with Crippen molar-refractivity contribution >= 4 is 5.71 Å². The maximum absolute atomic E-state index is 5.66. The lowest BCUT2D eigenvalue weighted by molar-refractivity contribution is 0.0831. The molecule has 0 fully saturated rings. The Morgan fingerprint density at radius 2 is 2.17 bits per heavy atom. The Morgan fingerprint density at radius 1 is 1.33 bits per heavy atom. The van der Waals surface area contributed by atoms with E-state index in [1.54, 1.807) is 0 Å². The third-order valence-corrected chi connectivity index (χ3v) is 5.59. The molecule has 0 bridgehead atoms. The molecule has 0 N–H and O–H groups in total. The normalized spacial score (nSPS) is 21.5. The molecule has 1 aliphatic heterocycles. The molecular weight excluding hydrogens is 296 g/mol. The van der Waals surface area contributed by atoms with Crippen molar-refractivity contribution in [1.29, 1.82) is 0 Å². The van der Waals surface area contributed by atoms with E-state index in [0.29, 0.717) is 11.8 Å². The fourth-order valence-corrected chi connectivity index (χ4v) is 3.98. The third-order valence-electron chi connectivity index (χ3n) is 5.59. The number of hydrogen-bond acceptors (Lipinski definition) is 3. The number of oxime groups is 1. The SMILES string of the molecule is CCCC(Cc1cccnc1)(CC(C)CC)C1=NOCC(CC)C1. The minimum atomic E-state index is 0.112. The predicted molar refractivity (Wildman–Crippen MR) is 101 cm³/mol. The van der Waals surface area contributed by atoms with Crippen LogP contribution in [-0.4, -0.2) is 17.3 Å². The van der Waals surface area contributed by atoms with Crippen molar-refractivity contribution < 1.29 is 4.84 Å². The lowest BCUT2D eigenvalue weighted by Crippen LogP contribution is -2.39. The van der Waals surface area contributed by atoms with Crippen LogP contribution in [0.15, 0.2) is 29.7 Å². The molecule has 1 aliphatic rings. The molecule has 3 nitrogen and oxygen atoms in total. The van der Waals surface area contributed by atoms with Crippen molar-refractivity contribution in [3.05, 3.63) is 30.1 Å². The molecular formula is C21H34N2O. The summed E-state index contributed by atoms with van der Waals surface area (Å²) in [5.41, 5.74) is 2.73. The van der Waals surface area contributed by atoms with E-state index in [2.05, 4.69) is 43.9 Å². The van der Waals surface area contributed by atoms with Crippen molar-refractivity contribution in [2.75, 3.05) is 6.61 Å². The molecule has 0 amide bonds. The van der Waals surface area contributed by atoms with Crippen LogP contribution in [0.25, 0.3) is 0 Å². The summed E-state index contributed by atoms with van der Waals surface area (Å²) >= 11 is 0. The molecule has 0 aliphatic carbocycles. The lowest BCUT2D eigenvalue weighted by Gasteiger charge is -2.39. The summed E-state index contributed by atoms with van der Waals surface area (Å²) in [6, 6.07) is 4.25. The Balaban J connectivity index is 2.35. The largest absolute Gasteiger partial charge is 0.396 e. The first-order chi connectivity index (χ1) is 11.6. The van der Waals surface area contributed by atoms with Gasteiger partial charge in [-0.1, -0.05) is 51.8 Å². The van der Waals surface area contributed by atoms with E-state index < -0.39 is 0 Å². The van der Waals surface area contributed by atoms with E-state index in [9.17, 15) is 0 Å².